The van der Waals surface area contributed by atoms with Crippen LogP contribution in [0.4, 0.5) is 0 Å². The molecule has 2 aliphatic heterocycles. The molecular formula is C62H58O20. The van der Waals surface area contributed by atoms with Gasteiger partial charge in [-0.15, -0.1) is 0 Å². The second-order valence-corrected chi connectivity index (χ2v) is 18.5. The van der Waals surface area contributed by atoms with Gasteiger partial charge in [0.25, 0.3) is 0 Å². The third-order valence-corrected chi connectivity index (χ3v) is 12.5. The van der Waals surface area contributed by atoms with Gasteiger partial charge in [0.1, 0.15) is 58.2 Å². The Bertz CT molecular complexity index is 2940. The van der Waals surface area contributed by atoms with Crippen LogP contribution in [-0.2, 0) is 38.1 Å². The maximum atomic E-state index is 13.1. The lowest BCUT2D eigenvalue weighted by molar-refractivity contribution is -0.136. The number of fused-ring (bicyclic) bond motifs is 1. The van der Waals surface area contributed by atoms with Crippen molar-refractivity contribution < 1.29 is 95.2 Å². The van der Waals surface area contributed by atoms with Gasteiger partial charge in [-0.2, -0.15) is 0 Å². The van der Waals surface area contributed by atoms with E-state index in [0.717, 1.165) is 0 Å². The summed E-state index contributed by atoms with van der Waals surface area (Å²) >= 11 is 0. The highest BCUT2D eigenvalue weighted by molar-refractivity contribution is 5.92. The summed E-state index contributed by atoms with van der Waals surface area (Å²) in [4.78, 5) is 101. The summed E-state index contributed by atoms with van der Waals surface area (Å²) in [5.74, 6) is -1.76. The number of carbonyl (C=O) groups excluding carboxylic acids is 8. The predicted octanol–water partition coefficient (Wildman–Crippen LogP) is 9.61. The number of hydrogen-bond acceptors (Lipinski definition) is 20. The molecule has 0 amide bonds. The molecule has 0 aliphatic carbocycles. The molecule has 4 atom stereocenters. The van der Waals surface area contributed by atoms with E-state index in [9.17, 15) is 38.4 Å². The molecule has 0 spiro atoms. The lowest BCUT2D eigenvalue weighted by atomic mass is 10.1. The molecule has 0 unspecified atom stereocenters. The molecular weight excluding hydrogens is 1060 g/mol. The molecule has 8 rings (SSSR count). The van der Waals surface area contributed by atoms with Gasteiger partial charge in [0, 0.05) is 25.7 Å². The molecule has 426 valence electrons. The van der Waals surface area contributed by atoms with Crippen molar-refractivity contribution in [2.45, 2.75) is 89.6 Å². The fourth-order valence-corrected chi connectivity index (χ4v) is 8.36. The van der Waals surface area contributed by atoms with E-state index in [1.54, 1.807) is 48.5 Å². The van der Waals surface area contributed by atoms with Crippen LogP contribution in [0.5, 0.6) is 46.0 Å². The van der Waals surface area contributed by atoms with E-state index >= 15 is 0 Å². The average Bonchev–Trinajstić information content (AvgIpc) is 4.28. The van der Waals surface area contributed by atoms with Crippen LogP contribution in [-0.4, -0.2) is 98.6 Å². The van der Waals surface area contributed by atoms with Crippen molar-refractivity contribution in [3.8, 4) is 46.0 Å². The van der Waals surface area contributed by atoms with Gasteiger partial charge in [0.15, 0.2) is 12.2 Å². The Kier molecular flexibility index (Phi) is 20.9. The molecule has 6 aromatic carbocycles. The van der Waals surface area contributed by atoms with Crippen LogP contribution in [0.15, 0.2) is 146 Å². The van der Waals surface area contributed by atoms with E-state index in [1.807, 2.05) is 13.8 Å². The van der Waals surface area contributed by atoms with Gasteiger partial charge < -0.3 is 56.8 Å². The van der Waals surface area contributed by atoms with E-state index in [-0.39, 0.29) is 84.5 Å². The van der Waals surface area contributed by atoms with Crippen LogP contribution in [0.3, 0.4) is 0 Å². The van der Waals surface area contributed by atoms with Crippen LogP contribution in [0.2, 0.25) is 0 Å². The Hall–Kier alpha value is -9.40. The minimum absolute atomic E-state index is 0.00573. The SMILES string of the molecule is CCOc1ccc(C(=O)Oc2ccc(OC(=O)CCCCC(=O)Oc3ccc(C(=O)O[C@H]4CO[C@H]5[C@@H]4OC[C@H]5OC(=O)c4ccc(OC(=O)CCCCC(=O)Oc5ccc(OC(=O)c6ccc(OCC)cc6)cc5)cc4)cc3)cc2)cc1. The highest BCUT2D eigenvalue weighted by atomic mass is 16.7. The van der Waals surface area contributed by atoms with Gasteiger partial charge in [-0.25, -0.2) is 19.2 Å². The highest BCUT2D eigenvalue weighted by Crippen LogP contribution is 2.32. The first-order chi connectivity index (χ1) is 39.8. The number of carbonyl (C=O) groups is 8. The third-order valence-electron chi connectivity index (χ3n) is 12.5. The summed E-state index contributed by atoms with van der Waals surface area (Å²) in [7, 11) is 0. The number of unbranched alkanes of at least 4 members (excludes halogenated alkanes) is 2. The predicted molar refractivity (Wildman–Crippen MR) is 288 cm³/mol. The zero-order valence-corrected chi connectivity index (χ0v) is 44.8. The smallest absolute Gasteiger partial charge is 0.343 e. The zero-order chi connectivity index (χ0) is 57.8. The second-order valence-electron chi connectivity index (χ2n) is 18.5. The van der Waals surface area contributed by atoms with E-state index < -0.39 is 72.2 Å². The molecule has 2 heterocycles. The Labute approximate surface area is 471 Å². The monoisotopic (exact) mass is 1120 g/mol. The fraction of sp³-hybridized carbons (Fsp3) is 0.290. The van der Waals surface area contributed by atoms with Crippen LogP contribution in [0, 0.1) is 0 Å². The minimum atomic E-state index is -0.798. The topological polar surface area (TPSA) is 247 Å². The highest BCUT2D eigenvalue weighted by Gasteiger charge is 2.51. The minimum Gasteiger partial charge on any atom is -0.494 e. The van der Waals surface area contributed by atoms with Crippen molar-refractivity contribution in [2.24, 2.45) is 0 Å². The van der Waals surface area contributed by atoms with E-state index in [1.165, 1.54) is 97.1 Å². The van der Waals surface area contributed by atoms with Crippen LogP contribution in [0.1, 0.15) is 107 Å². The van der Waals surface area contributed by atoms with Gasteiger partial charge in [-0.05, 0) is 185 Å². The van der Waals surface area contributed by atoms with Crippen LogP contribution < -0.4 is 37.9 Å². The number of benzene rings is 6. The molecule has 0 N–H and O–H groups in total. The summed E-state index contributed by atoms with van der Waals surface area (Å²) in [5.41, 5.74) is 1.06. The largest absolute Gasteiger partial charge is 0.494 e. The average molecular weight is 1120 g/mol. The molecule has 0 radical (unpaired) electrons. The van der Waals surface area contributed by atoms with E-state index in [2.05, 4.69) is 0 Å². The Morgan fingerprint density at radius 1 is 0.329 bits per heavy atom. The second kappa shape index (κ2) is 29.2. The summed E-state index contributed by atoms with van der Waals surface area (Å²) in [5, 5.41) is 0. The van der Waals surface area contributed by atoms with E-state index in [4.69, 9.17) is 56.8 Å². The van der Waals surface area contributed by atoms with Crippen molar-refractivity contribution in [1.82, 2.24) is 0 Å². The molecule has 0 saturated carbocycles. The number of esters is 8. The molecule has 6 aromatic rings. The summed E-state index contributed by atoms with van der Waals surface area (Å²) in [6.07, 6.45) is -1.43. The van der Waals surface area contributed by atoms with Crippen molar-refractivity contribution in [1.29, 1.82) is 0 Å². The van der Waals surface area contributed by atoms with E-state index in [0.29, 0.717) is 61.5 Å². The maximum Gasteiger partial charge on any atom is 0.343 e. The fourth-order valence-electron chi connectivity index (χ4n) is 8.36. The quantitative estimate of drug-likeness (QED) is 0.0278. The lowest BCUT2D eigenvalue weighted by Crippen LogP contribution is -2.36. The van der Waals surface area contributed by atoms with Crippen molar-refractivity contribution >= 4 is 47.8 Å². The summed E-state index contributed by atoms with van der Waals surface area (Å²) in [6, 6.07) is 36.8. The Morgan fingerprint density at radius 3 is 0.829 bits per heavy atom. The van der Waals surface area contributed by atoms with Crippen molar-refractivity contribution in [3.05, 3.63) is 168 Å². The molecule has 20 nitrogen and oxygen atoms in total. The van der Waals surface area contributed by atoms with Gasteiger partial charge in [-0.3, -0.25) is 19.2 Å². The molecule has 82 heavy (non-hydrogen) atoms. The first kappa shape index (κ1) is 58.7. The van der Waals surface area contributed by atoms with Crippen LogP contribution in [0.25, 0.3) is 0 Å². The summed E-state index contributed by atoms with van der Waals surface area (Å²) < 4.78 is 66.2. The summed E-state index contributed by atoms with van der Waals surface area (Å²) in [6.45, 7) is 4.73. The molecule has 2 saturated heterocycles. The van der Waals surface area contributed by atoms with Crippen LogP contribution >= 0.6 is 0 Å². The number of hydrogen-bond donors (Lipinski definition) is 0. The number of rotatable bonds is 26. The molecule has 20 heteroatoms. The molecule has 0 aromatic heterocycles. The first-order valence-electron chi connectivity index (χ1n) is 26.6. The number of ether oxygens (including phenoxy) is 12. The standard InChI is InChI=1S/C62H58O20/c1-3-71-43-21-13-39(14-22-43)59(67)79-49-33-29-47(30-34-49)77-55(65)11-7-5-9-53(63)75-45-25-17-41(18-26-45)61(69)81-51-37-73-58-52(38-74-57(51)58)82-62(70)42-19-27-46(28-20-42)76-54(64)10-6-8-12-56(66)78-48-31-35-50(36-32-48)80-60(68)40-15-23-44(24-16-40)72-4-2/h13-36,51-52,57-58H,3-12,37-38H2,1-2H3/t51-,52+,57-,58-/m1/s1. The third kappa shape index (κ3) is 17.3. The Balaban J connectivity index is 0.665. The molecule has 2 fully saturated rings. The van der Waals surface area contributed by atoms with Gasteiger partial charge in [-0.1, -0.05) is 0 Å². The molecule has 2 aliphatic rings. The normalized spacial score (nSPS) is 15.9. The Morgan fingerprint density at radius 2 is 0.561 bits per heavy atom. The zero-order valence-electron chi connectivity index (χ0n) is 44.8. The van der Waals surface area contributed by atoms with Gasteiger partial charge >= 0.3 is 47.8 Å². The molecule has 0 bridgehead atoms. The van der Waals surface area contributed by atoms with Crippen molar-refractivity contribution in [3.63, 3.8) is 0 Å². The lowest BCUT2D eigenvalue weighted by Gasteiger charge is -2.17. The van der Waals surface area contributed by atoms with Gasteiger partial charge in [0.2, 0.25) is 0 Å². The maximum absolute atomic E-state index is 13.1. The van der Waals surface area contributed by atoms with Crippen molar-refractivity contribution in [2.75, 3.05) is 26.4 Å². The van der Waals surface area contributed by atoms with Gasteiger partial charge in [0.05, 0.1) is 48.7 Å². The first-order valence-corrected chi connectivity index (χ1v) is 26.6.